The molecule has 0 aliphatic carbocycles. The highest BCUT2D eigenvalue weighted by Gasteiger charge is 2.09. The van der Waals surface area contributed by atoms with Crippen LogP contribution in [-0.2, 0) is 16.0 Å². The van der Waals surface area contributed by atoms with E-state index in [2.05, 4.69) is 9.72 Å². The molecular weight excluding hydrogens is 264 g/mol. The standard InChI is InChI=1S/C13H16N2O3S/c1-17-13(16)10-3-4-12-11(7-10)14-8-15(12)5-6-18-9-19-2/h3-4,7-8H,5-6,9H2,1-2H3. The minimum atomic E-state index is -0.347. The lowest BCUT2D eigenvalue weighted by atomic mass is 10.2. The molecule has 0 saturated heterocycles. The number of fused-ring (bicyclic) bond motifs is 1. The summed E-state index contributed by atoms with van der Waals surface area (Å²) < 4.78 is 12.1. The molecule has 5 nitrogen and oxygen atoms in total. The maximum Gasteiger partial charge on any atom is 0.337 e. The highest BCUT2D eigenvalue weighted by molar-refractivity contribution is 7.98. The summed E-state index contributed by atoms with van der Waals surface area (Å²) in [6.45, 7) is 1.39. The van der Waals surface area contributed by atoms with Gasteiger partial charge in [0.25, 0.3) is 0 Å². The van der Waals surface area contributed by atoms with Gasteiger partial charge in [-0.1, -0.05) is 0 Å². The fourth-order valence-electron chi connectivity index (χ4n) is 1.79. The SMILES string of the molecule is COC(=O)c1ccc2c(c1)ncn2CCOCSC. The number of hydrogen-bond donors (Lipinski definition) is 0. The molecule has 0 aliphatic heterocycles. The molecule has 6 heteroatoms. The third-order valence-corrected chi connectivity index (χ3v) is 3.12. The number of nitrogens with zero attached hydrogens (tertiary/aromatic N) is 2. The number of imidazole rings is 1. The van der Waals surface area contributed by atoms with Crippen molar-refractivity contribution in [2.24, 2.45) is 0 Å². The van der Waals surface area contributed by atoms with Gasteiger partial charge in [-0.2, -0.15) is 0 Å². The first-order valence-electron chi connectivity index (χ1n) is 5.86. The zero-order valence-electron chi connectivity index (χ0n) is 11.0. The molecule has 0 bridgehead atoms. The Morgan fingerprint density at radius 2 is 2.32 bits per heavy atom. The van der Waals surface area contributed by atoms with Crippen molar-refractivity contribution in [1.82, 2.24) is 9.55 Å². The number of carbonyl (C=O) groups excluding carboxylic acids is 1. The quantitative estimate of drug-likeness (QED) is 0.461. The lowest BCUT2D eigenvalue weighted by molar-refractivity contribution is 0.0601. The van der Waals surface area contributed by atoms with Gasteiger partial charge in [0.1, 0.15) is 0 Å². The molecule has 0 unspecified atom stereocenters. The minimum Gasteiger partial charge on any atom is -0.465 e. The average Bonchev–Trinajstić information content (AvgIpc) is 2.85. The van der Waals surface area contributed by atoms with Crippen molar-refractivity contribution in [2.75, 3.05) is 25.9 Å². The Hall–Kier alpha value is -1.53. The third kappa shape index (κ3) is 3.27. The largest absolute Gasteiger partial charge is 0.465 e. The summed E-state index contributed by atoms with van der Waals surface area (Å²) in [5.74, 6) is 0.346. The lowest BCUT2D eigenvalue weighted by Crippen LogP contribution is -2.05. The maximum absolute atomic E-state index is 11.4. The van der Waals surface area contributed by atoms with E-state index in [4.69, 9.17) is 4.74 Å². The van der Waals surface area contributed by atoms with Gasteiger partial charge in [0.05, 0.1) is 42.6 Å². The summed E-state index contributed by atoms with van der Waals surface area (Å²) in [6.07, 6.45) is 3.76. The van der Waals surface area contributed by atoms with Crippen molar-refractivity contribution < 1.29 is 14.3 Å². The molecule has 1 aromatic heterocycles. The summed E-state index contributed by atoms with van der Waals surface area (Å²) >= 11 is 1.65. The van der Waals surface area contributed by atoms with Crippen molar-refractivity contribution in [1.29, 1.82) is 0 Å². The molecule has 1 aromatic carbocycles. The minimum absolute atomic E-state index is 0.347. The Morgan fingerprint density at radius 3 is 3.05 bits per heavy atom. The molecule has 2 aromatic rings. The summed E-state index contributed by atoms with van der Waals surface area (Å²) in [5.41, 5.74) is 2.28. The molecule has 1 heterocycles. The van der Waals surface area contributed by atoms with Crippen LogP contribution >= 0.6 is 11.8 Å². The predicted molar refractivity (Wildman–Crippen MR) is 75.4 cm³/mol. The zero-order chi connectivity index (χ0) is 13.7. The Morgan fingerprint density at radius 1 is 1.47 bits per heavy atom. The Balaban J connectivity index is 2.13. The van der Waals surface area contributed by atoms with Gasteiger partial charge in [0.15, 0.2) is 0 Å². The summed E-state index contributed by atoms with van der Waals surface area (Å²) in [5, 5.41) is 0. The van der Waals surface area contributed by atoms with Crippen molar-refractivity contribution in [3.05, 3.63) is 30.1 Å². The first-order valence-corrected chi connectivity index (χ1v) is 7.25. The van der Waals surface area contributed by atoms with Crippen molar-refractivity contribution in [2.45, 2.75) is 6.54 Å². The van der Waals surface area contributed by atoms with Crippen molar-refractivity contribution in [3.63, 3.8) is 0 Å². The second-order valence-electron chi connectivity index (χ2n) is 3.95. The third-order valence-electron chi connectivity index (χ3n) is 2.72. The summed E-state index contributed by atoms with van der Waals surface area (Å²) in [4.78, 5) is 15.7. The van der Waals surface area contributed by atoms with Crippen molar-refractivity contribution >= 4 is 28.8 Å². The number of thioether (sulfide) groups is 1. The molecule has 0 fully saturated rings. The summed E-state index contributed by atoms with van der Waals surface area (Å²) in [7, 11) is 1.37. The monoisotopic (exact) mass is 280 g/mol. The molecule has 0 N–H and O–H groups in total. The number of esters is 1. The number of aromatic nitrogens is 2. The van der Waals surface area contributed by atoms with Gasteiger partial charge in [-0.15, -0.1) is 11.8 Å². The van der Waals surface area contributed by atoms with E-state index in [0.29, 0.717) is 18.1 Å². The van der Waals surface area contributed by atoms with E-state index in [1.807, 2.05) is 16.9 Å². The van der Waals surface area contributed by atoms with Crippen LogP contribution in [0.1, 0.15) is 10.4 Å². The topological polar surface area (TPSA) is 53.3 Å². The van der Waals surface area contributed by atoms with Gasteiger partial charge in [0, 0.05) is 6.54 Å². The van der Waals surface area contributed by atoms with Gasteiger partial charge in [0.2, 0.25) is 0 Å². The Bertz CT molecular complexity index is 568. The number of hydrogen-bond acceptors (Lipinski definition) is 5. The fourth-order valence-corrected chi connectivity index (χ4v) is 2.08. The van der Waals surface area contributed by atoms with E-state index >= 15 is 0 Å². The van der Waals surface area contributed by atoms with Crippen LogP contribution in [0.15, 0.2) is 24.5 Å². The van der Waals surface area contributed by atoms with Gasteiger partial charge in [-0.05, 0) is 24.5 Å². The second-order valence-corrected chi connectivity index (χ2v) is 4.76. The highest BCUT2D eigenvalue weighted by atomic mass is 32.2. The van der Waals surface area contributed by atoms with Crippen LogP contribution in [0, 0.1) is 0 Å². The predicted octanol–water partition coefficient (Wildman–Crippen LogP) is 2.16. The normalized spacial score (nSPS) is 10.8. The van der Waals surface area contributed by atoms with Crippen LogP contribution in [-0.4, -0.2) is 41.4 Å². The number of benzene rings is 1. The molecule has 0 radical (unpaired) electrons. The van der Waals surface area contributed by atoms with Crippen molar-refractivity contribution in [3.8, 4) is 0 Å². The number of methoxy groups -OCH3 is 1. The van der Waals surface area contributed by atoms with E-state index < -0.39 is 0 Å². The number of ether oxygens (including phenoxy) is 2. The molecule has 0 spiro atoms. The first kappa shape index (κ1) is 13.9. The van der Waals surface area contributed by atoms with Crippen LogP contribution in [0.4, 0.5) is 0 Å². The van der Waals surface area contributed by atoms with E-state index in [9.17, 15) is 4.79 Å². The Kier molecular flexibility index (Phi) is 4.81. The van der Waals surface area contributed by atoms with E-state index in [0.717, 1.165) is 17.6 Å². The molecule has 102 valence electrons. The number of rotatable bonds is 6. The molecular formula is C13H16N2O3S. The smallest absolute Gasteiger partial charge is 0.337 e. The van der Waals surface area contributed by atoms with Gasteiger partial charge in [-0.25, -0.2) is 9.78 Å². The molecule has 0 atom stereocenters. The lowest BCUT2D eigenvalue weighted by Gasteiger charge is -2.05. The maximum atomic E-state index is 11.4. The van der Waals surface area contributed by atoms with Crippen LogP contribution in [0.25, 0.3) is 11.0 Å². The molecule has 19 heavy (non-hydrogen) atoms. The molecule has 0 amide bonds. The van der Waals surface area contributed by atoms with Gasteiger partial charge in [-0.3, -0.25) is 0 Å². The molecule has 0 saturated carbocycles. The van der Waals surface area contributed by atoms with Gasteiger partial charge < -0.3 is 14.0 Å². The highest BCUT2D eigenvalue weighted by Crippen LogP contribution is 2.15. The summed E-state index contributed by atoms with van der Waals surface area (Å²) in [6, 6.07) is 5.36. The van der Waals surface area contributed by atoms with E-state index in [1.54, 1.807) is 30.2 Å². The first-order chi connectivity index (χ1) is 9.26. The van der Waals surface area contributed by atoms with Crippen LogP contribution in [0.5, 0.6) is 0 Å². The molecule has 0 aliphatic rings. The van der Waals surface area contributed by atoms with Gasteiger partial charge >= 0.3 is 5.97 Å². The van der Waals surface area contributed by atoms with E-state index in [-0.39, 0.29) is 5.97 Å². The fraction of sp³-hybridized carbons (Fsp3) is 0.385. The molecule has 2 rings (SSSR count). The zero-order valence-corrected chi connectivity index (χ0v) is 11.8. The van der Waals surface area contributed by atoms with E-state index in [1.165, 1.54) is 7.11 Å². The average molecular weight is 280 g/mol. The second kappa shape index (κ2) is 6.58. The number of carbonyl (C=O) groups is 1. The van der Waals surface area contributed by atoms with Crippen LogP contribution in [0.2, 0.25) is 0 Å². The Labute approximate surface area is 115 Å². The van der Waals surface area contributed by atoms with Crippen LogP contribution < -0.4 is 0 Å². The van der Waals surface area contributed by atoms with Crippen LogP contribution in [0.3, 0.4) is 0 Å².